The average Bonchev–Trinajstić information content (AvgIpc) is 3.82. The Kier molecular flexibility index (Phi) is 14.9. The van der Waals surface area contributed by atoms with Crippen LogP contribution in [0.15, 0.2) is 143 Å². The van der Waals surface area contributed by atoms with Crippen LogP contribution >= 0.6 is 22.6 Å². The normalized spacial score (nSPS) is 12.3. The molecular weight excluding hydrogens is 1050 g/mol. The van der Waals surface area contributed by atoms with E-state index in [-0.39, 0.29) is 51.1 Å². The van der Waals surface area contributed by atoms with Gasteiger partial charge in [0.1, 0.15) is 45.7 Å². The van der Waals surface area contributed by atoms with Gasteiger partial charge in [-0.05, 0) is 112 Å². The van der Waals surface area contributed by atoms with Crippen molar-refractivity contribution in [2.45, 2.75) is 48.8 Å². The lowest BCUT2D eigenvalue weighted by atomic mass is 10.1. The van der Waals surface area contributed by atoms with Gasteiger partial charge in [0.25, 0.3) is 0 Å². The number of nitrogens with zero attached hydrogens (tertiary/aromatic N) is 4. The predicted molar refractivity (Wildman–Crippen MR) is 254 cm³/mol. The fourth-order valence-electron chi connectivity index (χ4n) is 7.38. The molecule has 1 N–H and O–H groups in total. The second-order valence-electron chi connectivity index (χ2n) is 15.2. The molecular formula is C48H41F6IN4O7S2. The Bertz CT molecular complexity index is 3120. The maximum atomic E-state index is 13.4. The van der Waals surface area contributed by atoms with Crippen LogP contribution in [-0.2, 0) is 32.0 Å². The number of aromatic nitrogens is 4. The number of aliphatic hydroxyl groups is 1. The molecule has 68 heavy (non-hydrogen) atoms. The van der Waals surface area contributed by atoms with Gasteiger partial charge < -0.3 is 14.6 Å². The molecule has 2 heterocycles. The number of aryl methyl sites for hydroxylation is 2. The van der Waals surface area contributed by atoms with Gasteiger partial charge in [-0.25, -0.2) is 26.8 Å². The zero-order valence-electron chi connectivity index (χ0n) is 36.1. The van der Waals surface area contributed by atoms with Crippen molar-refractivity contribution in [3.63, 3.8) is 0 Å². The van der Waals surface area contributed by atoms with Gasteiger partial charge in [0.15, 0.2) is 19.7 Å². The smallest absolute Gasteiger partial charge is 0.418 e. The zero-order valence-corrected chi connectivity index (χ0v) is 39.9. The highest BCUT2D eigenvalue weighted by atomic mass is 127. The van der Waals surface area contributed by atoms with Crippen LogP contribution in [0, 0.1) is 13.8 Å². The SMILES string of the molecule is Cc1nc2c(C(F)(F)F)cccc2n1-c1cccc(Oc2cccc(S(=O)(=O)CCCI)c2)c1.Cc1nc2c(C(F)(F)F)cccc2n1-c1cccc(Oc2cccc(S(=O)(=O)CCCO)c2)c1. The van der Waals surface area contributed by atoms with Gasteiger partial charge >= 0.3 is 12.4 Å². The molecule has 2 aromatic heterocycles. The number of aliphatic hydroxyl groups excluding tert-OH is 1. The second-order valence-corrected chi connectivity index (χ2v) is 20.5. The number of hydrogen-bond donors (Lipinski definition) is 1. The molecule has 6 aromatic carbocycles. The molecule has 0 fully saturated rings. The van der Waals surface area contributed by atoms with Crippen molar-refractivity contribution in [3.8, 4) is 34.4 Å². The molecule has 0 aliphatic carbocycles. The molecule has 0 amide bonds. The van der Waals surface area contributed by atoms with Crippen molar-refractivity contribution in [1.29, 1.82) is 0 Å². The fourth-order valence-corrected chi connectivity index (χ4v) is 10.9. The summed E-state index contributed by atoms with van der Waals surface area (Å²) in [7, 11) is -6.99. The van der Waals surface area contributed by atoms with Crippen LogP contribution < -0.4 is 9.47 Å². The summed E-state index contributed by atoms with van der Waals surface area (Å²) in [6, 6.07) is 33.7. The first kappa shape index (κ1) is 49.9. The molecule has 8 rings (SSSR count). The topological polar surface area (TPSA) is 143 Å². The molecule has 0 bridgehead atoms. The molecule has 356 valence electrons. The summed E-state index contributed by atoms with van der Waals surface area (Å²) in [5.41, 5.74) is -0.110. The third-order valence-corrected chi connectivity index (χ3v) is 14.7. The summed E-state index contributed by atoms with van der Waals surface area (Å²) in [5.74, 6) is 2.06. The highest BCUT2D eigenvalue weighted by Crippen LogP contribution is 2.38. The minimum atomic E-state index is -4.53. The summed E-state index contributed by atoms with van der Waals surface area (Å²) in [6.45, 7) is 3.03. The van der Waals surface area contributed by atoms with Crippen LogP contribution in [0.4, 0.5) is 26.3 Å². The number of halogens is 7. The van der Waals surface area contributed by atoms with Gasteiger partial charge in [0, 0.05) is 23.2 Å². The number of sulfone groups is 2. The van der Waals surface area contributed by atoms with E-state index in [0.717, 1.165) is 16.6 Å². The van der Waals surface area contributed by atoms with Crippen LogP contribution in [0.5, 0.6) is 23.0 Å². The second kappa shape index (κ2) is 20.3. The Hall–Kier alpha value is -5.97. The van der Waals surface area contributed by atoms with Crippen molar-refractivity contribution in [2.75, 3.05) is 22.5 Å². The van der Waals surface area contributed by atoms with Crippen molar-refractivity contribution in [3.05, 3.63) is 156 Å². The zero-order chi connectivity index (χ0) is 49.0. The van der Waals surface area contributed by atoms with Gasteiger partial charge in [-0.15, -0.1) is 0 Å². The van der Waals surface area contributed by atoms with E-state index in [2.05, 4.69) is 32.6 Å². The Morgan fingerprint density at radius 3 is 1.29 bits per heavy atom. The molecule has 0 aliphatic heterocycles. The lowest BCUT2D eigenvalue weighted by molar-refractivity contribution is -0.137. The molecule has 0 aliphatic rings. The number of ether oxygens (including phenoxy) is 2. The van der Waals surface area contributed by atoms with Gasteiger partial charge in [-0.2, -0.15) is 26.3 Å². The third-order valence-electron chi connectivity index (χ3n) is 10.4. The summed E-state index contributed by atoms with van der Waals surface area (Å²) in [6.07, 6.45) is -8.36. The lowest BCUT2D eigenvalue weighted by Gasteiger charge is -2.12. The van der Waals surface area contributed by atoms with E-state index >= 15 is 0 Å². The molecule has 0 saturated heterocycles. The molecule has 11 nitrogen and oxygen atoms in total. The fraction of sp³-hybridized carbons (Fsp3) is 0.208. The first-order chi connectivity index (χ1) is 32.2. The third kappa shape index (κ3) is 11.3. The first-order valence-corrected chi connectivity index (χ1v) is 25.5. The van der Waals surface area contributed by atoms with Crippen LogP contribution in [0.1, 0.15) is 35.6 Å². The van der Waals surface area contributed by atoms with Crippen molar-refractivity contribution < 1.29 is 57.8 Å². The minimum absolute atomic E-state index is 0.0573. The molecule has 0 atom stereocenters. The number of hydrogen-bond acceptors (Lipinski definition) is 9. The van der Waals surface area contributed by atoms with E-state index in [0.29, 0.717) is 57.7 Å². The summed E-state index contributed by atoms with van der Waals surface area (Å²) < 4.78 is 146. The minimum Gasteiger partial charge on any atom is -0.457 e. The van der Waals surface area contributed by atoms with Crippen molar-refractivity contribution in [1.82, 2.24) is 19.1 Å². The molecule has 20 heteroatoms. The summed E-state index contributed by atoms with van der Waals surface area (Å²) >= 11 is 2.14. The molecule has 0 spiro atoms. The predicted octanol–water partition coefficient (Wildman–Crippen LogP) is 12.0. The van der Waals surface area contributed by atoms with Gasteiger partial charge in [-0.3, -0.25) is 9.13 Å². The maximum absolute atomic E-state index is 13.4. The van der Waals surface area contributed by atoms with E-state index in [1.165, 1.54) is 36.4 Å². The average molecular weight is 1090 g/mol. The van der Waals surface area contributed by atoms with Crippen molar-refractivity contribution >= 4 is 64.3 Å². The Balaban J connectivity index is 0.000000201. The van der Waals surface area contributed by atoms with Gasteiger partial charge in [0.2, 0.25) is 0 Å². The highest BCUT2D eigenvalue weighted by Gasteiger charge is 2.35. The van der Waals surface area contributed by atoms with Crippen molar-refractivity contribution in [2.24, 2.45) is 0 Å². The maximum Gasteiger partial charge on any atom is 0.418 e. The van der Waals surface area contributed by atoms with E-state index in [1.54, 1.807) is 108 Å². The van der Waals surface area contributed by atoms with Gasteiger partial charge in [-0.1, -0.05) is 59.0 Å². The number of alkyl halides is 7. The number of fused-ring (bicyclic) bond motifs is 2. The van der Waals surface area contributed by atoms with E-state index in [9.17, 15) is 43.2 Å². The Labute approximate surface area is 401 Å². The van der Waals surface area contributed by atoms with Gasteiger partial charge in [0.05, 0.1) is 54.8 Å². The van der Waals surface area contributed by atoms with E-state index in [4.69, 9.17) is 14.6 Å². The molecule has 0 saturated carbocycles. The number of para-hydroxylation sites is 2. The van der Waals surface area contributed by atoms with Crippen LogP contribution in [0.3, 0.4) is 0 Å². The number of benzene rings is 6. The van der Waals surface area contributed by atoms with Crippen LogP contribution in [0.2, 0.25) is 0 Å². The first-order valence-electron chi connectivity index (χ1n) is 20.7. The van der Waals surface area contributed by atoms with E-state index < -0.39 is 43.2 Å². The summed E-state index contributed by atoms with van der Waals surface area (Å²) in [5, 5.41) is 8.92. The monoisotopic (exact) mass is 1090 g/mol. The standard InChI is InChI=1S/C24H20F3IN2O3S.C24H21F3N2O4S/c1-16-29-23-21(24(25,26)27)10-4-11-22(23)30(16)17-6-2-7-18(14-17)33-19-8-3-9-20(15-19)34(31,32)13-5-12-28;1-16-28-23-21(24(25,26)27)10-4-11-22(23)29(16)17-6-2-7-18(14-17)33-19-8-3-9-20(15-19)34(31,32)13-5-12-30/h2-4,6-11,14-15H,5,12-13H2,1H3;2-4,6-11,14-15,30H,5,12-13H2,1H3. The van der Waals surface area contributed by atoms with E-state index in [1.807, 2.05) is 0 Å². The quantitative estimate of drug-likeness (QED) is 0.0639. The molecule has 0 unspecified atom stereocenters. The van der Waals surface area contributed by atoms with Crippen LogP contribution in [-0.4, -0.2) is 63.6 Å². The Morgan fingerprint density at radius 1 is 0.544 bits per heavy atom. The van der Waals surface area contributed by atoms with Crippen LogP contribution in [0.25, 0.3) is 33.4 Å². The lowest BCUT2D eigenvalue weighted by Crippen LogP contribution is -2.08. The number of rotatable bonds is 14. The highest BCUT2D eigenvalue weighted by molar-refractivity contribution is 14.1. The number of imidazole rings is 2. The molecule has 8 aromatic rings. The summed E-state index contributed by atoms with van der Waals surface area (Å²) in [4.78, 5) is 8.58. The Morgan fingerprint density at radius 2 is 0.912 bits per heavy atom. The largest absolute Gasteiger partial charge is 0.457 e. The molecule has 0 radical (unpaired) electrons.